The number of carbonyl (C=O) groups excluding carboxylic acids is 1. The molecule has 0 saturated carbocycles. The van der Waals surface area contributed by atoms with Gasteiger partial charge in [0.2, 0.25) is 0 Å². The fourth-order valence-corrected chi connectivity index (χ4v) is 1.82. The topological polar surface area (TPSA) is 69.2 Å². The summed E-state index contributed by atoms with van der Waals surface area (Å²) in [6.07, 6.45) is 0. The Bertz CT molecular complexity index is 589. The molecule has 0 radical (unpaired) electrons. The highest BCUT2D eigenvalue weighted by Gasteiger charge is 2.19. The van der Waals surface area contributed by atoms with E-state index in [0.717, 1.165) is 11.3 Å². The van der Waals surface area contributed by atoms with Crippen LogP contribution in [-0.4, -0.2) is 45.8 Å². The molecular weight excluding hydrogens is 254 g/mol. The van der Waals surface area contributed by atoms with E-state index in [2.05, 4.69) is 10.2 Å². The van der Waals surface area contributed by atoms with Gasteiger partial charge in [0, 0.05) is 12.6 Å². The highest BCUT2D eigenvalue weighted by Crippen LogP contribution is 2.19. The average molecular weight is 273 g/mol. The molecule has 106 valence electrons. The van der Waals surface area contributed by atoms with E-state index >= 15 is 0 Å². The van der Waals surface area contributed by atoms with Crippen molar-refractivity contribution < 1.29 is 9.90 Å². The number of aliphatic hydroxyl groups is 1. The molecule has 0 aliphatic rings. The first kappa shape index (κ1) is 14.3. The molecule has 20 heavy (non-hydrogen) atoms. The van der Waals surface area contributed by atoms with E-state index in [1.165, 1.54) is 10.5 Å². The Morgan fingerprint density at radius 2 is 2.05 bits per heavy atom. The molecule has 1 unspecified atom stereocenters. The lowest BCUT2D eigenvalue weighted by molar-refractivity contribution is 0.0676. The van der Waals surface area contributed by atoms with Gasteiger partial charge >= 0.3 is 0 Å². The summed E-state index contributed by atoms with van der Waals surface area (Å²) in [7, 11) is 1.66. The molecular formula is C15H19N3O2. The number of likely N-dealkylation sites (N-methyl/N-ethyl adjacent to an activating group) is 1. The van der Waals surface area contributed by atoms with Crippen LogP contribution in [0.2, 0.25) is 0 Å². The van der Waals surface area contributed by atoms with Crippen LogP contribution in [0.15, 0.2) is 30.3 Å². The molecule has 0 aliphatic carbocycles. The summed E-state index contributed by atoms with van der Waals surface area (Å²) in [6.45, 7) is 3.74. The van der Waals surface area contributed by atoms with Gasteiger partial charge in [-0.15, -0.1) is 0 Å². The summed E-state index contributed by atoms with van der Waals surface area (Å²) in [5.74, 6) is -0.183. The van der Waals surface area contributed by atoms with E-state index in [1.54, 1.807) is 20.0 Å². The summed E-state index contributed by atoms with van der Waals surface area (Å²) in [5, 5.41) is 16.0. The Balaban J connectivity index is 2.20. The molecule has 1 atom stereocenters. The van der Waals surface area contributed by atoms with Crippen LogP contribution in [0.4, 0.5) is 0 Å². The molecule has 2 N–H and O–H groups in total. The number of benzene rings is 1. The summed E-state index contributed by atoms with van der Waals surface area (Å²) >= 11 is 0. The van der Waals surface area contributed by atoms with E-state index in [4.69, 9.17) is 5.11 Å². The predicted octanol–water partition coefficient (Wildman–Crippen LogP) is 1.84. The number of nitrogens with zero attached hydrogens (tertiary/aromatic N) is 2. The van der Waals surface area contributed by atoms with Crippen LogP contribution in [0, 0.1) is 6.92 Å². The molecule has 1 amide bonds. The minimum absolute atomic E-state index is 0.0683. The van der Waals surface area contributed by atoms with Crippen molar-refractivity contribution in [2.75, 3.05) is 13.7 Å². The molecule has 0 bridgehead atoms. The van der Waals surface area contributed by atoms with E-state index in [1.807, 2.05) is 31.2 Å². The molecule has 1 aromatic heterocycles. The third-order valence-electron chi connectivity index (χ3n) is 3.40. The number of amides is 1. The van der Waals surface area contributed by atoms with Gasteiger partial charge in [-0.05, 0) is 19.9 Å². The monoisotopic (exact) mass is 273 g/mol. The molecule has 2 aromatic rings. The number of nitrogens with one attached hydrogen (secondary N) is 1. The number of hydrogen-bond acceptors (Lipinski definition) is 3. The highest BCUT2D eigenvalue weighted by molar-refractivity contribution is 5.93. The quantitative estimate of drug-likeness (QED) is 0.893. The number of aromatic amines is 1. The summed E-state index contributed by atoms with van der Waals surface area (Å²) in [6, 6.07) is 9.46. The van der Waals surface area contributed by atoms with Crippen molar-refractivity contribution in [3.05, 3.63) is 41.6 Å². The SMILES string of the molecule is Cc1ccc(-c2cc(C(=O)N(C)C(C)CO)[nH]n2)cc1. The first-order valence-electron chi connectivity index (χ1n) is 6.53. The zero-order chi connectivity index (χ0) is 14.7. The summed E-state index contributed by atoms with van der Waals surface area (Å²) in [5.41, 5.74) is 3.29. The van der Waals surface area contributed by atoms with Gasteiger partial charge in [0.15, 0.2) is 0 Å². The van der Waals surface area contributed by atoms with Gasteiger partial charge in [-0.25, -0.2) is 0 Å². The van der Waals surface area contributed by atoms with Crippen LogP contribution in [0.5, 0.6) is 0 Å². The van der Waals surface area contributed by atoms with Gasteiger partial charge in [0.05, 0.1) is 18.3 Å². The van der Waals surface area contributed by atoms with Crippen LogP contribution >= 0.6 is 0 Å². The number of H-pyrrole nitrogens is 1. The first-order valence-corrected chi connectivity index (χ1v) is 6.53. The number of rotatable bonds is 4. The van der Waals surface area contributed by atoms with Gasteiger partial charge in [0.25, 0.3) is 5.91 Å². The van der Waals surface area contributed by atoms with Crippen molar-refractivity contribution in [1.82, 2.24) is 15.1 Å². The van der Waals surface area contributed by atoms with Gasteiger partial charge in [-0.2, -0.15) is 5.10 Å². The standard InChI is InChI=1S/C15H19N3O2/c1-10-4-6-12(7-5-10)13-8-14(17-16-13)15(20)18(3)11(2)9-19/h4-8,11,19H,9H2,1-3H3,(H,16,17). The van der Waals surface area contributed by atoms with Crippen molar-refractivity contribution in [2.24, 2.45) is 0 Å². The third-order valence-corrected chi connectivity index (χ3v) is 3.40. The maximum Gasteiger partial charge on any atom is 0.271 e. The van der Waals surface area contributed by atoms with Crippen LogP contribution in [0.3, 0.4) is 0 Å². The smallest absolute Gasteiger partial charge is 0.271 e. The zero-order valence-electron chi connectivity index (χ0n) is 11.9. The molecule has 1 aromatic carbocycles. The lowest BCUT2D eigenvalue weighted by Crippen LogP contribution is -2.37. The second-order valence-corrected chi connectivity index (χ2v) is 4.98. The molecule has 0 fully saturated rings. The molecule has 0 saturated heterocycles. The van der Waals surface area contributed by atoms with Crippen LogP contribution < -0.4 is 0 Å². The summed E-state index contributed by atoms with van der Waals surface area (Å²) in [4.78, 5) is 13.7. The minimum atomic E-state index is -0.228. The van der Waals surface area contributed by atoms with Gasteiger partial charge < -0.3 is 10.0 Å². The van der Waals surface area contributed by atoms with Crippen molar-refractivity contribution in [3.8, 4) is 11.3 Å². The second kappa shape index (κ2) is 5.88. The Labute approximate surface area is 118 Å². The second-order valence-electron chi connectivity index (χ2n) is 4.98. The zero-order valence-corrected chi connectivity index (χ0v) is 11.9. The van der Waals surface area contributed by atoms with Crippen LogP contribution in [0.25, 0.3) is 11.3 Å². The van der Waals surface area contributed by atoms with Gasteiger partial charge in [-0.1, -0.05) is 29.8 Å². The number of aliphatic hydroxyl groups excluding tert-OH is 1. The molecule has 5 nitrogen and oxygen atoms in total. The first-order chi connectivity index (χ1) is 9.52. The average Bonchev–Trinajstić information content (AvgIpc) is 2.95. The number of hydrogen-bond donors (Lipinski definition) is 2. The Hall–Kier alpha value is -2.14. The fraction of sp³-hybridized carbons (Fsp3) is 0.333. The van der Waals surface area contributed by atoms with Crippen LogP contribution in [0.1, 0.15) is 23.0 Å². The van der Waals surface area contributed by atoms with E-state index in [-0.39, 0.29) is 18.6 Å². The van der Waals surface area contributed by atoms with Crippen molar-refractivity contribution in [2.45, 2.75) is 19.9 Å². The fourth-order valence-electron chi connectivity index (χ4n) is 1.82. The largest absolute Gasteiger partial charge is 0.394 e. The lowest BCUT2D eigenvalue weighted by atomic mass is 10.1. The maximum atomic E-state index is 12.2. The molecule has 5 heteroatoms. The normalized spacial score (nSPS) is 12.2. The molecule has 2 rings (SSSR count). The van der Waals surface area contributed by atoms with E-state index < -0.39 is 0 Å². The van der Waals surface area contributed by atoms with Crippen molar-refractivity contribution >= 4 is 5.91 Å². The van der Waals surface area contributed by atoms with Gasteiger partial charge in [0.1, 0.15) is 5.69 Å². The number of aromatic nitrogens is 2. The third kappa shape index (κ3) is 2.88. The summed E-state index contributed by atoms with van der Waals surface area (Å²) < 4.78 is 0. The van der Waals surface area contributed by atoms with Crippen molar-refractivity contribution in [1.29, 1.82) is 0 Å². The minimum Gasteiger partial charge on any atom is -0.394 e. The number of carbonyl (C=O) groups is 1. The molecule has 1 heterocycles. The highest BCUT2D eigenvalue weighted by atomic mass is 16.3. The molecule has 0 aliphatic heterocycles. The predicted molar refractivity (Wildman–Crippen MR) is 77.4 cm³/mol. The Kier molecular flexibility index (Phi) is 4.20. The maximum absolute atomic E-state index is 12.2. The van der Waals surface area contributed by atoms with Gasteiger partial charge in [-0.3, -0.25) is 9.89 Å². The number of aryl methyl sites for hydroxylation is 1. The lowest BCUT2D eigenvalue weighted by Gasteiger charge is -2.22. The van der Waals surface area contributed by atoms with E-state index in [9.17, 15) is 4.79 Å². The van der Waals surface area contributed by atoms with E-state index in [0.29, 0.717) is 5.69 Å². The Morgan fingerprint density at radius 1 is 1.40 bits per heavy atom. The molecule has 0 spiro atoms. The van der Waals surface area contributed by atoms with Crippen LogP contribution in [-0.2, 0) is 0 Å². The van der Waals surface area contributed by atoms with Crippen molar-refractivity contribution in [3.63, 3.8) is 0 Å². The Morgan fingerprint density at radius 3 is 2.65 bits per heavy atom.